The minimum Gasteiger partial charge on any atom is -0.465 e. The fourth-order valence-electron chi connectivity index (χ4n) is 1.43. The highest BCUT2D eigenvalue weighted by Gasteiger charge is 2.20. The van der Waals surface area contributed by atoms with Crippen LogP contribution in [0.5, 0.6) is 0 Å². The number of hydrogen-bond acceptors (Lipinski definition) is 2. The topological polar surface area (TPSA) is 25.2 Å². The van der Waals surface area contributed by atoms with Crippen molar-refractivity contribution in [3.05, 3.63) is 23.7 Å². The third-order valence-corrected chi connectivity index (χ3v) is 2.49. The van der Waals surface area contributed by atoms with Crippen molar-refractivity contribution in [3.8, 4) is 0 Å². The van der Waals surface area contributed by atoms with Gasteiger partial charge in [-0.1, -0.05) is 6.92 Å². The SMILES string of the molecule is CCc1ccc(CNCC2CC2)o1. The van der Waals surface area contributed by atoms with E-state index in [1.165, 1.54) is 12.8 Å². The molecule has 0 aromatic carbocycles. The molecular formula is C11H17NO. The summed E-state index contributed by atoms with van der Waals surface area (Å²) in [7, 11) is 0. The van der Waals surface area contributed by atoms with Gasteiger partial charge in [0.1, 0.15) is 11.5 Å². The molecule has 13 heavy (non-hydrogen) atoms. The fourth-order valence-corrected chi connectivity index (χ4v) is 1.43. The molecule has 1 N–H and O–H groups in total. The van der Waals surface area contributed by atoms with Crippen molar-refractivity contribution in [1.29, 1.82) is 0 Å². The molecule has 1 fully saturated rings. The van der Waals surface area contributed by atoms with Crippen LogP contribution in [0.1, 0.15) is 31.3 Å². The van der Waals surface area contributed by atoms with Crippen molar-refractivity contribution in [2.45, 2.75) is 32.7 Å². The summed E-state index contributed by atoms with van der Waals surface area (Å²) in [5.41, 5.74) is 0. The van der Waals surface area contributed by atoms with Crippen LogP contribution in [-0.4, -0.2) is 6.54 Å². The van der Waals surface area contributed by atoms with Gasteiger partial charge in [0.25, 0.3) is 0 Å². The lowest BCUT2D eigenvalue weighted by molar-refractivity contribution is 0.448. The van der Waals surface area contributed by atoms with Gasteiger partial charge in [0.2, 0.25) is 0 Å². The van der Waals surface area contributed by atoms with Gasteiger partial charge < -0.3 is 9.73 Å². The van der Waals surface area contributed by atoms with Gasteiger partial charge in [-0.15, -0.1) is 0 Å². The summed E-state index contributed by atoms with van der Waals surface area (Å²) >= 11 is 0. The van der Waals surface area contributed by atoms with Gasteiger partial charge >= 0.3 is 0 Å². The van der Waals surface area contributed by atoms with Gasteiger partial charge in [0, 0.05) is 6.42 Å². The van der Waals surface area contributed by atoms with Gasteiger partial charge in [0.15, 0.2) is 0 Å². The summed E-state index contributed by atoms with van der Waals surface area (Å²) in [6.07, 6.45) is 3.80. The Morgan fingerprint density at radius 3 is 2.77 bits per heavy atom. The molecule has 2 heteroatoms. The first-order valence-electron chi connectivity index (χ1n) is 5.16. The summed E-state index contributed by atoms with van der Waals surface area (Å²) in [6.45, 7) is 4.15. The molecular weight excluding hydrogens is 162 g/mol. The lowest BCUT2D eigenvalue weighted by Crippen LogP contribution is -2.15. The zero-order chi connectivity index (χ0) is 9.10. The summed E-state index contributed by atoms with van der Waals surface area (Å²) < 4.78 is 5.57. The number of aryl methyl sites for hydroxylation is 1. The standard InChI is InChI=1S/C11H17NO/c1-2-10-5-6-11(13-10)8-12-7-9-3-4-9/h5-6,9,12H,2-4,7-8H2,1H3. The highest BCUT2D eigenvalue weighted by Crippen LogP contribution is 2.27. The van der Waals surface area contributed by atoms with E-state index in [0.717, 1.165) is 36.9 Å². The second-order valence-corrected chi connectivity index (χ2v) is 3.80. The van der Waals surface area contributed by atoms with Crippen LogP contribution in [0.25, 0.3) is 0 Å². The average Bonchev–Trinajstić information content (AvgIpc) is 2.84. The Bertz CT molecular complexity index is 263. The average molecular weight is 179 g/mol. The lowest BCUT2D eigenvalue weighted by atomic mass is 10.3. The van der Waals surface area contributed by atoms with Crippen molar-refractivity contribution in [3.63, 3.8) is 0 Å². The predicted molar refractivity (Wildman–Crippen MR) is 52.5 cm³/mol. The molecule has 1 aliphatic rings. The van der Waals surface area contributed by atoms with E-state index in [1.807, 2.05) is 0 Å². The third-order valence-electron chi connectivity index (χ3n) is 2.49. The lowest BCUT2D eigenvalue weighted by Gasteiger charge is -1.99. The number of rotatable bonds is 5. The van der Waals surface area contributed by atoms with Gasteiger partial charge in [0.05, 0.1) is 6.54 Å². The summed E-state index contributed by atoms with van der Waals surface area (Å²) in [6, 6.07) is 4.13. The second-order valence-electron chi connectivity index (χ2n) is 3.80. The van der Waals surface area contributed by atoms with E-state index >= 15 is 0 Å². The smallest absolute Gasteiger partial charge is 0.117 e. The molecule has 0 bridgehead atoms. The normalized spacial score (nSPS) is 16.4. The minimum atomic E-state index is 0.885. The molecule has 0 amide bonds. The van der Waals surface area contributed by atoms with E-state index in [-0.39, 0.29) is 0 Å². The molecule has 1 saturated carbocycles. The number of furan rings is 1. The van der Waals surface area contributed by atoms with E-state index < -0.39 is 0 Å². The van der Waals surface area contributed by atoms with Gasteiger partial charge in [-0.2, -0.15) is 0 Å². The number of nitrogens with one attached hydrogen (secondary N) is 1. The van der Waals surface area contributed by atoms with Crippen molar-refractivity contribution in [1.82, 2.24) is 5.32 Å². The summed E-state index contributed by atoms with van der Waals surface area (Å²) in [4.78, 5) is 0. The third kappa shape index (κ3) is 2.59. The van der Waals surface area contributed by atoms with Crippen LogP contribution in [0.15, 0.2) is 16.5 Å². The van der Waals surface area contributed by atoms with Crippen LogP contribution in [0, 0.1) is 5.92 Å². The van der Waals surface area contributed by atoms with Crippen molar-refractivity contribution in [2.75, 3.05) is 6.54 Å². The Morgan fingerprint density at radius 1 is 1.38 bits per heavy atom. The molecule has 1 aromatic rings. The summed E-state index contributed by atoms with van der Waals surface area (Å²) in [5.74, 6) is 3.10. The molecule has 0 spiro atoms. The van der Waals surface area contributed by atoms with Crippen LogP contribution >= 0.6 is 0 Å². The fraction of sp³-hybridized carbons (Fsp3) is 0.636. The maximum atomic E-state index is 5.57. The van der Waals surface area contributed by atoms with Crippen LogP contribution in [0.4, 0.5) is 0 Å². The van der Waals surface area contributed by atoms with Crippen LogP contribution in [0.2, 0.25) is 0 Å². The van der Waals surface area contributed by atoms with Gasteiger partial charge in [-0.05, 0) is 37.4 Å². The quantitative estimate of drug-likeness (QED) is 0.750. The van der Waals surface area contributed by atoms with E-state index in [9.17, 15) is 0 Å². The highest BCUT2D eigenvalue weighted by molar-refractivity contribution is 5.06. The minimum absolute atomic E-state index is 0.885. The molecule has 0 unspecified atom stereocenters. The van der Waals surface area contributed by atoms with Gasteiger partial charge in [-0.3, -0.25) is 0 Å². The first kappa shape index (κ1) is 8.82. The molecule has 1 aromatic heterocycles. The van der Waals surface area contributed by atoms with Gasteiger partial charge in [-0.25, -0.2) is 0 Å². The van der Waals surface area contributed by atoms with Crippen LogP contribution < -0.4 is 5.32 Å². The monoisotopic (exact) mass is 179 g/mol. The molecule has 2 nitrogen and oxygen atoms in total. The maximum absolute atomic E-state index is 5.57. The Kier molecular flexibility index (Phi) is 2.69. The van der Waals surface area contributed by atoms with E-state index in [0.29, 0.717) is 0 Å². The van der Waals surface area contributed by atoms with E-state index in [1.54, 1.807) is 0 Å². The molecule has 0 saturated heterocycles. The largest absolute Gasteiger partial charge is 0.465 e. The maximum Gasteiger partial charge on any atom is 0.117 e. The van der Waals surface area contributed by atoms with E-state index in [4.69, 9.17) is 4.42 Å². The zero-order valence-corrected chi connectivity index (χ0v) is 8.18. The highest BCUT2D eigenvalue weighted by atomic mass is 16.3. The molecule has 72 valence electrons. The Labute approximate surface area is 79.3 Å². The van der Waals surface area contributed by atoms with Crippen molar-refractivity contribution >= 4 is 0 Å². The zero-order valence-electron chi connectivity index (χ0n) is 8.18. The second kappa shape index (κ2) is 3.97. The molecule has 0 aliphatic heterocycles. The van der Waals surface area contributed by atoms with Crippen molar-refractivity contribution in [2.24, 2.45) is 5.92 Å². The Hall–Kier alpha value is -0.760. The number of hydrogen-bond donors (Lipinski definition) is 1. The molecule has 1 aliphatic carbocycles. The summed E-state index contributed by atoms with van der Waals surface area (Å²) in [5, 5.41) is 3.41. The Morgan fingerprint density at radius 2 is 2.15 bits per heavy atom. The predicted octanol–water partition coefficient (Wildman–Crippen LogP) is 2.34. The van der Waals surface area contributed by atoms with Crippen LogP contribution in [-0.2, 0) is 13.0 Å². The molecule has 1 heterocycles. The first-order chi connectivity index (χ1) is 6.38. The van der Waals surface area contributed by atoms with Crippen molar-refractivity contribution < 1.29 is 4.42 Å². The Balaban J connectivity index is 1.72. The van der Waals surface area contributed by atoms with Crippen LogP contribution in [0.3, 0.4) is 0 Å². The molecule has 0 atom stereocenters. The molecule has 0 radical (unpaired) electrons. The van der Waals surface area contributed by atoms with E-state index in [2.05, 4.69) is 24.4 Å². The first-order valence-corrected chi connectivity index (χ1v) is 5.16. The molecule has 2 rings (SSSR count).